The molecule has 0 aromatic heterocycles. The first-order valence-corrected chi connectivity index (χ1v) is 12.7. The quantitative estimate of drug-likeness (QED) is 0.481. The Morgan fingerprint density at radius 3 is 2.28 bits per heavy atom. The molecule has 1 amide bonds. The number of rotatable bonds is 7. The van der Waals surface area contributed by atoms with E-state index in [0.29, 0.717) is 11.8 Å². The van der Waals surface area contributed by atoms with E-state index >= 15 is 0 Å². The van der Waals surface area contributed by atoms with Crippen LogP contribution in [-0.4, -0.2) is 75.2 Å². The Kier molecular flexibility index (Phi) is 12.4. The van der Waals surface area contributed by atoms with Crippen molar-refractivity contribution in [2.75, 3.05) is 26.2 Å². The van der Waals surface area contributed by atoms with E-state index < -0.39 is 5.60 Å². The van der Waals surface area contributed by atoms with Crippen LogP contribution in [0.1, 0.15) is 78.1 Å². The van der Waals surface area contributed by atoms with Gasteiger partial charge in [-0.1, -0.05) is 20.3 Å². The first-order valence-electron chi connectivity index (χ1n) is 12.3. The number of aliphatic hydroxyl groups excluding tert-OH is 1. The topological polar surface area (TPSA) is 136 Å². The lowest BCUT2D eigenvalue weighted by molar-refractivity contribution is -0.128. The maximum atomic E-state index is 12.9. The van der Waals surface area contributed by atoms with Crippen LogP contribution in [-0.2, 0) is 4.79 Å². The van der Waals surface area contributed by atoms with Crippen LogP contribution in [0.2, 0.25) is 0 Å². The van der Waals surface area contributed by atoms with Crippen LogP contribution in [0.5, 0.6) is 0 Å². The Morgan fingerprint density at radius 1 is 1.09 bits per heavy atom. The molecule has 1 aliphatic heterocycles. The van der Waals surface area contributed by atoms with Crippen LogP contribution in [0.15, 0.2) is 0 Å². The van der Waals surface area contributed by atoms with Crippen molar-refractivity contribution in [2.45, 2.75) is 95.1 Å². The zero-order valence-corrected chi connectivity index (χ0v) is 20.7. The molecule has 190 valence electrons. The summed E-state index contributed by atoms with van der Waals surface area (Å²) in [6.07, 6.45) is 9.62. The van der Waals surface area contributed by atoms with Gasteiger partial charge in [0.25, 0.3) is 0 Å². The zero-order chi connectivity index (χ0) is 21.7. The summed E-state index contributed by atoms with van der Waals surface area (Å²) in [5.41, 5.74) is -0.536. The van der Waals surface area contributed by atoms with Gasteiger partial charge in [-0.3, -0.25) is 4.79 Å². The maximum Gasteiger partial charge on any atom is 0.223 e. The Balaban J connectivity index is 0.00000256. The molecule has 0 bridgehead atoms. The minimum Gasteiger partial charge on any atom is -0.412 e. The molecular formula is C24H47ClN2O5. The third-order valence-electron chi connectivity index (χ3n) is 8.14. The molecule has 3 rings (SSSR count). The summed E-state index contributed by atoms with van der Waals surface area (Å²) in [7, 11) is 0. The van der Waals surface area contributed by atoms with E-state index in [9.17, 15) is 15.0 Å². The van der Waals surface area contributed by atoms with Crippen molar-refractivity contribution >= 4 is 17.5 Å². The molecule has 1 saturated heterocycles. The Morgan fingerprint density at radius 2 is 1.72 bits per heavy atom. The molecule has 3 atom stereocenters. The van der Waals surface area contributed by atoms with Gasteiger partial charge < -0.3 is 31.4 Å². The van der Waals surface area contributed by atoms with Crippen LogP contribution in [0.4, 0.5) is 0 Å². The summed E-state index contributed by atoms with van der Waals surface area (Å²) in [5.74, 6) is 1.24. The highest BCUT2D eigenvalue weighted by Crippen LogP contribution is 2.40. The fourth-order valence-corrected chi connectivity index (χ4v) is 6.07. The van der Waals surface area contributed by atoms with E-state index in [2.05, 4.69) is 24.1 Å². The highest BCUT2D eigenvalue weighted by molar-refractivity contribution is 6.20. The van der Waals surface area contributed by atoms with Crippen molar-refractivity contribution in [3.05, 3.63) is 0 Å². The highest BCUT2D eigenvalue weighted by Gasteiger charge is 2.41. The van der Waals surface area contributed by atoms with Gasteiger partial charge in [-0.25, -0.2) is 0 Å². The van der Waals surface area contributed by atoms with Gasteiger partial charge in [-0.05, 0) is 75.5 Å². The van der Waals surface area contributed by atoms with Gasteiger partial charge in [0, 0.05) is 43.6 Å². The predicted molar refractivity (Wildman–Crippen MR) is 129 cm³/mol. The number of halogens is 1. The second-order valence-corrected chi connectivity index (χ2v) is 11.2. The summed E-state index contributed by atoms with van der Waals surface area (Å²) in [6.45, 7) is 7.18. The minimum atomic E-state index is -0.536. The smallest absolute Gasteiger partial charge is 0.223 e. The van der Waals surface area contributed by atoms with Crippen LogP contribution in [0, 0.1) is 23.7 Å². The number of carbonyl (C=O) groups is 1. The summed E-state index contributed by atoms with van der Waals surface area (Å²) in [4.78, 5) is 15.3. The van der Waals surface area contributed by atoms with E-state index in [4.69, 9.17) is 11.6 Å². The largest absolute Gasteiger partial charge is 0.412 e. The fourth-order valence-electron chi connectivity index (χ4n) is 5.82. The number of hydrogen-bond acceptors (Lipinski definition) is 4. The van der Waals surface area contributed by atoms with Gasteiger partial charge in [-0.2, -0.15) is 0 Å². The molecule has 3 aliphatic rings. The van der Waals surface area contributed by atoms with Gasteiger partial charge >= 0.3 is 0 Å². The number of aliphatic hydroxyl groups is 2. The van der Waals surface area contributed by atoms with Crippen molar-refractivity contribution in [2.24, 2.45) is 23.7 Å². The van der Waals surface area contributed by atoms with Crippen LogP contribution in [0.25, 0.3) is 0 Å². The van der Waals surface area contributed by atoms with E-state index in [-0.39, 0.29) is 46.7 Å². The molecule has 7 N–H and O–H groups in total. The average molecular weight is 479 g/mol. The third-order valence-corrected chi connectivity index (χ3v) is 8.57. The predicted octanol–water partition coefficient (Wildman–Crippen LogP) is 1.90. The number of nitrogens with one attached hydrogen (secondary N) is 1. The van der Waals surface area contributed by atoms with Gasteiger partial charge in [0.2, 0.25) is 5.91 Å². The third kappa shape index (κ3) is 7.81. The monoisotopic (exact) mass is 478 g/mol. The fraction of sp³-hybridized carbons (Fsp3) is 0.958. The molecular weight excluding hydrogens is 432 g/mol. The molecule has 0 aromatic rings. The Bertz CT molecular complexity index is 549. The maximum absolute atomic E-state index is 12.9. The van der Waals surface area contributed by atoms with E-state index in [0.717, 1.165) is 83.8 Å². The minimum absolute atomic E-state index is 0. The van der Waals surface area contributed by atoms with Crippen molar-refractivity contribution in [1.82, 2.24) is 10.2 Å². The number of carbonyl (C=O) groups excluding carboxylic acids is 1. The van der Waals surface area contributed by atoms with Crippen molar-refractivity contribution in [3.63, 3.8) is 0 Å². The SMILES string of the molecule is CC(C)[C@H](CN1CCC(O)(C2CCC(Cl)CC2)CC1)NC(=O)C1CCCC(CO)C1.O.O. The zero-order valence-electron chi connectivity index (χ0n) is 20.0. The number of alkyl halides is 1. The second-order valence-electron chi connectivity index (χ2n) is 10.6. The Hall–Kier alpha value is -0.440. The van der Waals surface area contributed by atoms with Crippen molar-refractivity contribution < 1.29 is 26.0 Å². The summed E-state index contributed by atoms with van der Waals surface area (Å²) in [5, 5.41) is 24.3. The molecule has 0 spiro atoms. The second kappa shape index (κ2) is 13.4. The molecule has 2 aliphatic carbocycles. The van der Waals surface area contributed by atoms with E-state index in [1.165, 1.54) is 0 Å². The lowest BCUT2D eigenvalue weighted by atomic mass is 9.72. The van der Waals surface area contributed by atoms with Gasteiger partial charge in [0.1, 0.15) is 0 Å². The summed E-state index contributed by atoms with van der Waals surface area (Å²) in [6, 6.07) is 0.130. The van der Waals surface area contributed by atoms with Crippen LogP contribution in [0.3, 0.4) is 0 Å². The molecule has 0 radical (unpaired) electrons. The summed E-state index contributed by atoms with van der Waals surface area (Å²) < 4.78 is 0. The number of nitrogens with zero attached hydrogens (tertiary/aromatic N) is 1. The molecule has 7 nitrogen and oxygen atoms in total. The first-order chi connectivity index (χ1) is 14.3. The number of amides is 1. The molecule has 32 heavy (non-hydrogen) atoms. The lowest BCUT2D eigenvalue weighted by Crippen LogP contribution is -2.54. The molecule has 8 heteroatoms. The van der Waals surface area contributed by atoms with E-state index in [1.54, 1.807) is 0 Å². The molecule has 3 fully saturated rings. The first kappa shape index (κ1) is 29.6. The number of likely N-dealkylation sites (tertiary alicyclic amines) is 1. The molecule has 2 unspecified atom stereocenters. The van der Waals surface area contributed by atoms with Crippen LogP contribution >= 0.6 is 11.6 Å². The van der Waals surface area contributed by atoms with Gasteiger partial charge in [-0.15, -0.1) is 11.6 Å². The standard InChI is InChI=1S/C24H43ClN2O3.2H2O/c1-17(2)22(26-23(29)19-5-3-4-18(14-19)16-28)15-27-12-10-24(30,11-13-27)20-6-8-21(25)9-7-20;;/h17-22,28,30H,3-16H2,1-2H3,(H,26,29);2*1H2/t18?,19?,20?,21?,22-;;/m0../s1. The number of piperidine rings is 1. The van der Waals surface area contributed by atoms with Gasteiger partial charge in [0.15, 0.2) is 0 Å². The number of hydrogen-bond donors (Lipinski definition) is 3. The molecule has 0 aromatic carbocycles. The van der Waals surface area contributed by atoms with Gasteiger partial charge in [0.05, 0.1) is 5.60 Å². The molecule has 1 heterocycles. The highest BCUT2D eigenvalue weighted by atomic mass is 35.5. The normalized spacial score (nSPS) is 31.8. The molecule has 2 saturated carbocycles. The van der Waals surface area contributed by atoms with Crippen molar-refractivity contribution in [1.29, 1.82) is 0 Å². The van der Waals surface area contributed by atoms with Crippen molar-refractivity contribution in [3.8, 4) is 0 Å². The lowest BCUT2D eigenvalue weighted by Gasteiger charge is -2.45. The average Bonchev–Trinajstić information content (AvgIpc) is 2.75. The Labute approximate surface area is 198 Å². The van der Waals surface area contributed by atoms with E-state index in [1.807, 2.05) is 0 Å². The van der Waals surface area contributed by atoms with Crippen LogP contribution < -0.4 is 5.32 Å². The summed E-state index contributed by atoms with van der Waals surface area (Å²) >= 11 is 6.25.